The summed E-state index contributed by atoms with van der Waals surface area (Å²) in [6.45, 7) is 6.31. The number of anilines is 5. The maximum Gasteiger partial charge on any atom is 0.326 e. The molecule has 3 aromatic carbocycles. The van der Waals surface area contributed by atoms with Crippen LogP contribution in [0.5, 0.6) is 23.0 Å². The number of hydrogen-bond acceptors (Lipinski definition) is 12. The molecule has 0 bridgehead atoms. The number of para-hydroxylation sites is 1. The number of halogens is 2. The summed E-state index contributed by atoms with van der Waals surface area (Å²) < 4.78 is 17.4. The van der Waals surface area contributed by atoms with Gasteiger partial charge in [0.05, 0.1) is 25.6 Å². The van der Waals surface area contributed by atoms with E-state index >= 15 is 0 Å². The Morgan fingerprint density at radius 1 is 0.704 bits per heavy atom. The van der Waals surface area contributed by atoms with Gasteiger partial charge in [-0.15, -0.1) is 0 Å². The van der Waals surface area contributed by atoms with Gasteiger partial charge in [0.1, 0.15) is 11.5 Å². The number of carbonyl (C=O) groups excluding carboxylic acids is 1. The number of amides is 2. The maximum atomic E-state index is 12.3. The van der Waals surface area contributed by atoms with Gasteiger partial charge < -0.3 is 39.1 Å². The second kappa shape index (κ2) is 18.6. The first kappa shape index (κ1) is 38.3. The number of nitrogens with one attached hydrogen (secondary N) is 2. The molecule has 7 rings (SSSR count). The molecule has 0 radical (unpaired) electrons. The van der Waals surface area contributed by atoms with Crippen LogP contribution in [-0.4, -0.2) is 104 Å². The molecule has 16 heteroatoms. The highest BCUT2D eigenvalue weighted by molar-refractivity contribution is 6.30. The summed E-state index contributed by atoms with van der Waals surface area (Å²) >= 11 is 11.9. The van der Waals surface area contributed by atoms with E-state index < -0.39 is 6.03 Å². The molecule has 2 saturated heterocycles. The number of ether oxygens (including phenoxy) is 3. The number of rotatable bonds is 9. The number of urea groups is 1. The highest BCUT2D eigenvalue weighted by Gasteiger charge is 2.22. The Bertz CT molecular complexity index is 1960. The summed E-state index contributed by atoms with van der Waals surface area (Å²) in [7, 11) is 6.00. The molecule has 0 atom stereocenters. The lowest BCUT2D eigenvalue weighted by Gasteiger charge is -2.34. The number of likely N-dealkylation sites (N-methyl/N-ethyl adjacent to an activating group) is 1. The second-order valence-corrected chi connectivity index (χ2v) is 13.5. The zero-order valence-electron chi connectivity index (χ0n) is 30.3. The highest BCUT2D eigenvalue weighted by atomic mass is 35.5. The smallest absolute Gasteiger partial charge is 0.326 e. The van der Waals surface area contributed by atoms with Crippen molar-refractivity contribution in [3.63, 3.8) is 0 Å². The molecule has 0 aliphatic carbocycles. The monoisotopic (exact) mass is 772 g/mol. The fourth-order valence-corrected chi connectivity index (χ4v) is 5.68. The average molecular weight is 774 g/mol. The van der Waals surface area contributed by atoms with Gasteiger partial charge in [-0.1, -0.05) is 41.4 Å². The molecule has 5 aromatic rings. The normalized spacial score (nSPS) is 14.4. The zero-order valence-corrected chi connectivity index (χ0v) is 31.8. The molecular weight excluding hydrogens is 731 g/mol. The molecular formula is C38H42Cl2N10O4. The number of morpholine rings is 1. The molecule has 54 heavy (non-hydrogen) atoms. The second-order valence-electron chi connectivity index (χ2n) is 12.6. The van der Waals surface area contributed by atoms with Gasteiger partial charge in [0.15, 0.2) is 23.1 Å². The van der Waals surface area contributed by atoms with E-state index in [-0.39, 0.29) is 5.95 Å². The van der Waals surface area contributed by atoms with Crippen LogP contribution in [-0.2, 0) is 4.74 Å². The molecule has 2 fully saturated rings. The lowest BCUT2D eigenvalue weighted by molar-refractivity contribution is 0.122. The Balaban J connectivity index is 0.000000189. The molecule has 0 spiro atoms. The summed E-state index contributed by atoms with van der Waals surface area (Å²) in [6.07, 6.45) is 3.29. The first-order chi connectivity index (χ1) is 26.2. The summed E-state index contributed by atoms with van der Waals surface area (Å²) in [5.41, 5.74) is 0.672. The number of carbonyl (C=O) groups is 1. The molecule has 0 unspecified atom stereocenters. The Morgan fingerprint density at radius 3 is 1.81 bits per heavy atom. The van der Waals surface area contributed by atoms with Crippen molar-refractivity contribution in [1.82, 2.24) is 24.8 Å². The molecule has 2 aromatic heterocycles. The summed E-state index contributed by atoms with van der Waals surface area (Å²) in [4.78, 5) is 38.7. The minimum Gasteiger partial charge on any atom is -0.452 e. The van der Waals surface area contributed by atoms with Gasteiger partial charge in [-0.2, -0.15) is 9.97 Å². The topological polar surface area (TPSA) is 133 Å². The third-order valence-corrected chi connectivity index (χ3v) is 8.82. The van der Waals surface area contributed by atoms with Gasteiger partial charge in [0, 0.05) is 69.1 Å². The van der Waals surface area contributed by atoms with Gasteiger partial charge in [-0.25, -0.2) is 14.8 Å². The lowest BCUT2D eigenvalue weighted by atomic mass is 10.3. The van der Waals surface area contributed by atoms with Crippen molar-refractivity contribution >= 4 is 58.5 Å². The predicted molar refractivity (Wildman–Crippen MR) is 213 cm³/mol. The molecule has 2 N–H and O–H groups in total. The first-order valence-corrected chi connectivity index (χ1v) is 18.1. The van der Waals surface area contributed by atoms with Gasteiger partial charge in [0.2, 0.25) is 11.9 Å². The molecule has 0 saturated carbocycles. The molecule has 14 nitrogen and oxygen atoms in total. The minimum absolute atomic E-state index is 0.174. The molecule has 2 aliphatic heterocycles. The van der Waals surface area contributed by atoms with Crippen molar-refractivity contribution in [3.05, 3.63) is 101 Å². The fraction of sp³-hybridized carbons (Fsp3) is 0.289. The Kier molecular flexibility index (Phi) is 13.2. The number of benzene rings is 3. The number of nitrogens with zero attached hydrogens (tertiary/aromatic N) is 8. The number of piperazine rings is 1. The van der Waals surface area contributed by atoms with Gasteiger partial charge in [-0.05, 0) is 67.7 Å². The summed E-state index contributed by atoms with van der Waals surface area (Å²) in [5.74, 6) is 4.73. The van der Waals surface area contributed by atoms with Crippen molar-refractivity contribution in [2.24, 2.45) is 0 Å². The van der Waals surface area contributed by atoms with E-state index in [4.69, 9.17) is 42.4 Å². The molecule has 4 heterocycles. The fourth-order valence-electron chi connectivity index (χ4n) is 5.43. The van der Waals surface area contributed by atoms with Crippen molar-refractivity contribution in [1.29, 1.82) is 0 Å². The van der Waals surface area contributed by atoms with Crippen LogP contribution in [0.1, 0.15) is 0 Å². The van der Waals surface area contributed by atoms with Crippen LogP contribution >= 0.6 is 23.2 Å². The quantitative estimate of drug-likeness (QED) is 0.158. The van der Waals surface area contributed by atoms with Crippen LogP contribution in [0.15, 0.2) is 91.3 Å². The maximum absolute atomic E-state index is 12.3. The van der Waals surface area contributed by atoms with Crippen LogP contribution in [0.3, 0.4) is 0 Å². The Hall–Kier alpha value is -5.41. The van der Waals surface area contributed by atoms with Gasteiger partial charge in [-0.3, -0.25) is 5.32 Å². The average Bonchev–Trinajstić information content (AvgIpc) is 3.18. The first-order valence-electron chi connectivity index (χ1n) is 17.4. The molecule has 282 valence electrons. The Labute approximate surface area is 324 Å². The largest absolute Gasteiger partial charge is 0.452 e. The van der Waals surface area contributed by atoms with E-state index in [0.29, 0.717) is 71.1 Å². The Morgan fingerprint density at radius 2 is 1.24 bits per heavy atom. The van der Waals surface area contributed by atoms with Crippen molar-refractivity contribution in [2.75, 3.05) is 99.0 Å². The molecule has 2 amide bonds. The van der Waals surface area contributed by atoms with E-state index in [9.17, 15) is 4.79 Å². The standard InChI is InChI=1S/C21H20ClN5O3.C17H22ClN5O/c22-15-6-8-17(9-7-15)30-18-14-23-20(25-19(18)27-10-12-29-13-11-27)26-21(28)24-16-4-2-1-3-5-16;1-21(2)17-19-12-15(24-14-6-4-13(18)5-7-14)16(20-17)23-10-8-22(3)9-11-23/h1-9,14H,10-13H2,(H2,23,24,25,26,28);4-7,12H,8-11H2,1-3H3. The molecule has 2 aliphatic rings. The zero-order chi connectivity index (χ0) is 37.9. The van der Waals surface area contributed by atoms with Crippen LogP contribution in [0.2, 0.25) is 10.0 Å². The van der Waals surface area contributed by atoms with Crippen LogP contribution in [0.4, 0.5) is 34.0 Å². The van der Waals surface area contributed by atoms with Gasteiger partial charge >= 0.3 is 6.03 Å². The minimum atomic E-state index is -0.430. The predicted octanol–water partition coefficient (Wildman–Crippen LogP) is 7.14. The lowest BCUT2D eigenvalue weighted by Crippen LogP contribution is -2.45. The van der Waals surface area contributed by atoms with Crippen molar-refractivity contribution in [3.8, 4) is 23.0 Å². The number of aromatic nitrogens is 4. The van der Waals surface area contributed by atoms with E-state index in [0.717, 1.165) is 37.7 Å². The van der Waals surface area contributed by atoms with Crippen molar-refractivity contribution < 1.29 is 19.0 Å². The number of hydrogen-bond donors (Lipinski definition) is 2. The SMILES string of the molecule is CN1CCN(c2nc(N(C)C)ncc2Oc2ccc(Cl)cc2)CC1.O=C(Nc1ccccc1)Nc1ncc(Oc2ccc(Cl)cc2)c(N2CCOCC2)n1. The summed E-state index contributed by atoms with van der Waals surface area (Å²) in [5, 5.41) is 6.71. The van der Waals surface area contributed by atoms with E-state index in [2.05, 4.69) is 42.4 Å². The third-order valence-electron chi connectivity index (χ3n) is 8.31. The van der Waals surface area contributed by atoms with Crippen LogP contribution in [0.25, 0.3) is 0 Å². The van der Waals surface area contributed by atoms with Crippen LogP contribution in [0, 0.1) is 0 Å². The highest BCUT2D eigenvalue weighted by Crippen LogP contribution is 2.34. The van der Waals surface area contributed by atoms with E-state index in [1.165, 1.54) is 0 Å². The summed E-state index contributed by atoms with van der Waals surface area (Å²) in [6, 6.07) is 23.0. The van der Waals surface area contributed by atoms with Gasteiger partial charge in [0.25, 0.3) is 0 Å². The third kappa shape index (κ3) is 10.8. The van der Waals surface area contributed by atoms with E-state index in [1.54, 1.807) is 48.8 Å². The van der Waals surface area contributed by atoms with E-state index in [1.807, 2.05) is 66.4 Å². The van der Waals surface area contributed by atoms with Crippen LogP contribution < -0.4 is 34.8 Å². The van der Waals surface area contributed by atoms with Crippen molar-refractivity contribution in [2.45, 2.75) is 0 Å².